The summed E-state index contributed by atoms with van der Waals surface area (Å²) < 4.78 is 58.3. The molecule has 0 N–H and O–H groups in total. The fourth-order valence-corrected chi connectivity index (χ4v) is 1.18. The van der Waals surface area contributed by atoms with Crippen molar-refractivity contribution in [2.24, 2.45) is 0 Å². The summed E-state index contributed by atoms with van der Waals surface area (Å²) in [4.78, 5) is 0. The molecule has 0 aromatic heterocycles. The Morgan fingerprint density at radius 1 is 1.15 bits per heavy atom. The van der Waals surface area contributed by atoms with E-state index >= 15 is 0 Å². The third-order valence-corrected chi connectivity index (χ3v) is 2.13. The van der Waals surface area contributed by atoms with Gasteiger partial charge in [0.2, 0.25) is 10.7 Å². The van der Waals surface area contributed by atoms with Gasteiger partial charge in [0.05, 0.1) is 5.56 Å². The van der Waals surface area contributed by atoms with Crippen LogP contribution < -0.4 is 0 Å². The van der Waals surface area contributed by atoms with Gasteiger partial charge in [-0.25, -0.2) is 12.8 Å². The summed E-state index contributed by atoms with van der Waals surface area (Å²) in [5.74, 6) is -1.23. The third-order valence-electron chi connectivity index (χ3n) is 1.43. The lowest BCUT2D eigenvalue weighted by molar-refractivity contribution is 0.0909. The highest BCUT2D eigenvalue weighted by Gasteiger charge is 2.38. The molecular weight excluding hydrogens is 205 g/mol. The predicted molar refractivity (Wildman–Crippen MR) is 40.6 cm³/mol. The second kappa shape index (κ2) is 3.37. The largest absolute Gasteiger partial charge is 0.371 e. The molecule has 0 aliphatic heterocycles. The highest BCUT2D eigenvalue weighted by Crippen LogP contribution is 2.30. The maximum Gasteiger partial charge on any atom is 0.371 e. The molecule has 0 spiro atoms. The SMILES string of the molecule is O=[SH](=O)C(F)(F)c1ccccc1F. The standard InChI is InChI=1S/C7H5F3O2S/c8-6-4-2-1-3-5(6)7(9,10)13(11)12/h1-4,13H. The molecule has 1 rings (SSSR count). The Hall–Kier alpha value is -1.04. The van der Waals surface area contributed by atoms with E-state index in [4.69, 9.17) is 0 Å². The Kier molecular flexibility index (Phi) is 2.60. The van der Waals surface area contributed by atoms with Crippen LogP contribution in [0.1, 0.15) is 5.56 Å². The van der Waals surface area contributed by atoms with E-state index in [1.54, 1.807) is 0 Å². The van der Waals surface area contributed by atoms with Gasteiger partial charge in [-0.3, -0.25) is 0 Å². The van der Waals surface area contributed by atoms with Gasteiger partial charge in [0.15, 0.2) is 0 Å². The minimum absolute atomic E-state index is 0.737. The summed E-state index contributed by atoms with van der Waals surface area (Å²) in [6.07, 6.45) is 0. The highest BCUT2D eigenvalue weighted by atomic mass is 32.2. The smallest absolute Gasteiger partial charge is 0.225 e. The summed E-state index contributed by atoms with van der Waals surface area (Å²) in [7, 11) is -4.01. The summed E-state index contributed by atoms with van der Waals surface area (Å²) in [5, 5.41) is -4.14. The number of benzene rings is 1. The van der Waals surface area contributed by atoms with Crippen molar-refractivity contribution >= 4 is 10.7 Å². The molecule has 1 aromatic carbocycles. The molecule has 13 heavy (non-hydrogen) atoms. The summed E-state index contributed by atoms with van der Waals surface area (Å²) >= 11 is 0. The van der Waals surface area contributed by atoms with Crippen LogP contribution in [0.25, 0.3) is 0 Å². The molecule has 0 aliphatic rings. The van der Waals surface area contributed by atoms with Gasteiger partial charge in [0.1, 0.15) is 5.82 Å². The molecule has 0 radical (unpaired) electrons. The van der Waals surface area contributed by atoms with Crippen molar-refractivity contribution < 1.29 is 21.6 Å². The Balaban J connectivity index is 3.30. The first kappa shape index (κ1) is 10.0. The van der Waals surface area contributed by atoms with E-state index in [-0.39, 0.29) is 0 Å². The molecule has 0 bridgehead atoms. The van der Waals surface area contributed by atoms with E-state index < -0.39 is 27.3 Å². The van der Waals surface area contributed by atoms with Crippen molar-refractivity contribution in [1.29, 1.82) is 0 Å². The van der Waals surface area contributed by atoms with Crippen LogP contribution in [0.5, 0.6) is 0 Å². The molecular formula is C7H5F3O2S. The second-order valence-electron chi connectivity index (χ2n) is 2.28. The molecule has 0 saturated heterocycles. The van der Waals surface area contributed by atoms with Gasteiger partial charge in [-0.15, -0.1) is 0 Å². The Labute approximate surface area is 74.0 Å². The second-order valence-corrected chi connectivity index (χ2v) is 3.35. The predicted octanol–water partition coefficient (Wildman–Crippen LogP) is 1.49. The van der Waals surface area contributed by atoms with E-state index in [0.29, 0.717) is 0 Å². The van der Waals surface area contributed by atoms with Gasteiger partial charge in [0, 0.05) is 0 Å². The normalized spacial score (nSPS) is 12.0. The molecule has 72 valence electrons. The lowest BCUT2D eigenvalue weighted by atomic mass is 10.2. The van der Waals surface area contributed by atoms with E-state index in [1.165, 1.54) is 6.07 Å². The van der Waals surface area contributed by atoms with Gasteiger partial charge >= 0.3 is 5.25 Å². The van der Waals surface area contributed by atoms with Crippen molar-refractivity contribution in [2.45, 2.75) is 5.25 Å². The van der Waals surface area contributed by atoms with E-state index in [9.17, 15) is 21.6 Å². The molecule has 0 unspecified atom stereocenters. The van der Waals surface area contributed by atoms with E-state index in [1.807, 2.05) is 0 Å². The van der Waals surface area contributed by atoms with Crippen LogP contribution in [0.2, 0.25) is 0 Å². The van der Waals surface area contributed by atoms with Crippen LogP contribution in [0.3, 0.4) is 0 Å². The number of halogens is 3. The molecule has 6 heteroatoms. The van der Waals surface area contributed by atoms with Crippen LogP contribution in [-0.2, 0) is 16.0 Å². The fourth-order valence-electron chi connectivity index (χ4n) is 0.803. The van der Waals surface area contributed by atoms with Crippen LogP contribution >= 0.6 is 0 Å². The minimum atomic E-state index is -4.14. The van der Waals surface area contributed by atoms with Crippen molar-refractivity contribution in [3.63, 3.8) is 0 Å². The Bertz CT molecular complexity index is 379. The zero-order valence-corrected chi connectivity index (χ0v) is 7.10. The zero-order valence-electron chi connectivity index (χ0n) is 6.21. The van der Waals surface area contributed by atoms with Crippen molar-refractivity contribution in [1.82, 2.24) is 0 Å². The van der Waals surface area contributed by atoms with Gasteiger partial charge in [-0.05, 0) is 12.1 Å². The molecule has 1 aromatic rings. The minimum Gasteiger partial charge on any atom is -0.225 e. The molecule has 0 amide bonds. The summed E-state index contributed by atoms with van der Waals surface area (Å²) in [6, 6.07) is 3.86. The van der Waals surface area contributed by atoms with Crippen LogP contribution in [0.15, 0.2) is 24.3 Å². The molecule has 0 fully saturated rings. The Morgan fingerprint density at radius 3 is 2.15 bits per heavy atom. The summed E-state index contributed by atoms with van der Waals surface area (Å²) in [5.41, 5.74) is -1.12. The first-order valence-corrected chi connectivity index (χ1v) is 4.41. The molecule has 2 nitrogen and oxygen atoms in total. The van der Waals surface area contributed by atoms with Crippen molar-refractivity contribution in [3.05, 3.63) is 35.6 Å². The summed E-state index contributed by atoms with van der Waals surface area (Å²) in [6.45, 7) is 0. The zero-order chi connectivity index (χ0) is 10.1. The van der Waals surface area contributed by atoms with Gasteiger partial charge in [0.25, 0.3) is 0 Å². The maximum absolute atomic E-state index is 12.7. The molecule has 0 saturated carbocycles. The number of rotatable bonds is 2. The van der Waals surface area contributed by atoms with Crippen LogP contribution in [0.4, 0.5) is 13.2 Å². The van der Waals surface area contributed by atoms with Crippen LogP contribution in [-0.4, -0.2) is 8.42 Å². The fraction of sp³-hybridized carbons (Fsp3) is 0.143. The average molecular weight is 210 g/mol. The average Bonchev–Trinajstić information content (AvgIpc) is 2.04. The van der Waals surface area contributed by atoms with E-state index in [2.05, 4.69) is 0 Å². The van der Waals surface area contributed by atoms with Crippen molar-refractivity contribution in [3.8, 4) is 0 Å². The first-order valence-electron chi connectivity index (χ1n) is 3.23. The molecule has 0 atom stereocenters. The molecule has 0 heterocycles. The number of hydrogen-bond donors (Lipinski definition) is 1. The number of thiol groups is 1. The van der Waals surface area contributed by atoms with Crippen molar-refractivity contribution in [2.75, 3.05) is 0 Å². The number of hydrogen-bond acceptors (Lipinski definition) is 2. The van der Waals surface area contributed by atoms with E-state index in [0.717, 1.165) is 18.2 Å². The monoisotopic (exact) mass is 210 g/mol. The third kappa shape index (κ3) is 1.82. The lowest BCUT2D eigenvalue weighted by Gasteiger charge is -2.09. The highest BCUT2D eigenvalue weighted by molar-refractivity contribution is 7.73. The van der Waals surface area contributed by atoms with Gasteiger partial charge in [-0.2, -0.15) is 8.78 Å². The van der Waals surface area contributed by atoms with Gasteiger partial charge < -0.3 is 0 Å². The number of alkyl halides is 2. The van der Waals surface area contributed by atoms with Gasteiger partial charge in [-0.1, -0.05) is 12.1 Å². The molecule has 0 aliphatic carbocycles. The lowest BCUT2D eigenvalue weighted by Crippen LogP contribution is -2.16. The topological polar surface area (TPSA) is 34.1 Å². The maximum atomic E-state index is 12.7. The first-order chi connectivity index (χ1) is 5.96. The van der Waals surface area contributed by atoms with Crippen LogP contribution in [0, 0.1) is 5.82 Å². The Morgan fingerprint density at radius 2 is 1.69 bits per heavy atom. The quantitative estimate of drug-likeness (QED) is 0.750.